The zero-order valence-electron chi connectivity index (χ0n) is 13.1. The van der Waals surface area contributed by atoms with Crippen LogP contribution in [0.25, 0.3) is 0 Å². The Kier molecular flexibility index (Phi) is 9.37. The predicted molar refractivity (Wildman–Crippen MR) is 83.3 cm³/mol. The SMILES string of the molecule is Cc1[c-][pH]c(C)c1C.[C-]1=C2CCC2c2ccccc21.[Cl-].[Cl-].[Ti+4]. The standard InChI is InChI=1S/C11H9.C7H10P.2ClH.Ti/c1-2-4-10-8(3-1)7-9-5-6-11(9)10;1-5-4-8-7(3)6(5)2;;;/h1-4,11H,5-6H2;8H,1-3H3;2*1H;/q2*-1;;;+4/p-2. The van der Waals surface area contributed by atoms with Gasteiger partial charge in [-0.1, -0.05) is 39.2 Å². The number of hydrogen-bond acceptors (Lipinski definition) is 0. The number of rotatable bonds is 0. The van der Waals surface area contributed by atoms with Crippen molar-refractivity contribution in [3.63, 3.8) is 0 Å². The van der Waals surface area contributed by atoms with Gasteiger partial charge in [0.2, 0.25) is 0 Å². The first-order chi connectivity index (χ1) is 9.16. The summed E-state index contributed by atoms with van der Waals surface area (Å²) in [6, 6.07) is 8.62. The largest absolute Gasteiger partial charge is 4.00 e. The molecular weight excluding hydrogens is 366 g/mol. The molecule has 0 aliphatic heterocycles. The van der Waals surface area contributed by atoms with E-state index in [1.807, 2.05) is 0 Å². The maximum absolute atomic E-state index is 3.45. The van der Waals surface area contributed by atoms with Gasteiger partial charge in [-0.05, 0) is 6.42 Å². The van der Waals surface area contributed by atoms with Gasteiger partial charge in [-0.25, -0.2) is 0 Å². The molecule has 114 valence electrons. The zero-order valence-corrected chi connectivity index (χ0v) is 17.1. The van der Waals surface area contributed by atoms with E-state index in [0.717, 1.165) is 14.1 Å². The summed E-state index contributed by atoms with van der Waals surface area (Å²) in [6.07, 6.45) is 6.07. The Hall–Kier alpha value is 0.0343. The van der Waals surface area contributed by atoms with E-state index in [9.17, 15) is 0 Å². The minimum atomic E-state index is 0. The van der Waals surface area contributed by atoms with Crippen LogP contribution in [-0.2, 0) is 21.7 Å². The number of aryl methyl sites for hydroxylation is 2. The molecule has 2 aromatic rings. The van der Waals surface area contributed by atoms with Gasteiger partial charge in [0.05, 0.1) is 0 Å². The summed E-state index contributed by atoms with van der Waals surface area (Å²) in [5.41, 5.74) is 7.18. The molecule has 4 heteroatoms. The molecule has 1 aromatic heterocycles. The molecule has 2 unspecified atom stereocenters. The number of halogens is 2. The van der Waals surface area contributed by atoms with Crippen LogP contribution in [0.5, 0.6) is 0 Å². The van der Waals surface area contributed by atoms with Crippen LogP contribution in [0.3, 0.4) is 0 Å². The second-order valence-corrected chi connectivity index (χ2v) is 6.70. The molecule has 22 heavy (non-hydrogen) atoms. The van der Waals surface area contributed by atoms with Crippen molar-refractivity contribution < 1.29 is 46.5 Å². The fourth-order valence-electron chi connectivity index (χ4n) is 2.67. The first-order valence-corrected chi connectivity index (χ1v) is 7.92. The third kappa shape index (κ3) is 4.31. The molecule has 0 spiro atoms. The van der Waals surface area contributed by atoms with E-state index in [1.165, 1.54) is 46.0 Å². The van der Waals surface area contributed by atoms with Gasteiger partial charge in [0.1, 0.15) is 0 Å². The Morgan fingerprint density at radius 1 is 1.09 bits per heavy atom. The van der Waals surface area contributed by atoms with E-state index in [0.29, 0.717) is 0 Å². The van der Waals surface area contributed by atoms with Gasteiger partial charge in [0, 0.05) is 0 Å². The van der Waals surface area contributed by atoms with Crippen LogP contribution in [-0.4, -0.2) is 0 Å². The molecule has 2 aliphatic rings. The van der Waals surface area contributed by atoms with Gasteiger partial charge >= 0.3 is 21.7 Å². The smallest absolute Gasteiger partial charge is 1.00 e. The Labute approximate surface area is 163 Å². The van der Waals surface area contributed by atoms with Gasteiger partial charge in [-0.15, -0.1) is 23.3 Å². The average Bonchev–Trinajstić information content (AvgIpc) is 2.82. The third-order valence-corrected chi connectivity index (χ3v) is 5.57. The molecule has 0 amide bonds. The van der Waals surface area contributed by atoms with Crippen molar-refractivity contribution >= 4 is 8.19 Å². The van der Waals surface area contributed by atoms with E-state index in [1.54, 1.807) is 0 Å². The number of allylic oxidation sites excluding steroid dienone is 1. The molecule has 2 atom stereocenters. The average molecular weight is 385 g/mol. The van der Waals surface area contributed by atoms with E-state index in [4.69, 9.17) is 0 Å². The number of hydrogen-bond donors (Lipinski definition) is 0. The Bertz CT molecular complexity index is 627. The molecule has 0 saturated heterocycles. The number of benzene rings is 1. The molecule has 0 N–H and O–H groups in total. The Morgan fingerprint density at radius 2 is 1.77 bits per heavy atom. The Morgan fingerprint density at radius 3 is 2.23 bits per heavy atom. The van der Waals surface area contributed by atoms with Crippen LogP contribution in [0, 0.1) is 32.6 Å². The van der Waals surface area contributed by atoms with Crippen molar-refractivity contribution in [3.05, 3.63) is 69.3 Å². The van der Waals surface area contributed by atoms with Crippen LogP contribution in [0.4, 0.5) is 0 Å². The predicted octanol–water partition coefficient (Wildman–Crippen LogP) is -0.896. The van der Waals surface area contributed by atoms with E-state index < -0.39 is 0 Å². The van der Waals surface area contributed by atoms with Crippen molar-refractivity contribution in [1.29, 1.82) is 0 Å². The monoisotopic (exact) mass is 384 g/mol. The molecule has 1 aromatic carbocycles. The maximum Gasteiger partial charge on any atom is 4.00 e. The van der Waals surface area contributed by atoms with Gasteiger partial charge in [-0.3, -0.25) is 8.19 Å². The molecular formula is C18H19Cl2PTi. The van der Waals surface area contributed by atoms with E-state index >= 15 is 0 Å². The summed E-state index contributed by atoms with van der Waals surface area (Å²) in [4.78, 5) is 0. The minimum Gasteiger partial charge on any atom is -1.00 e. The fourth-order valence-corrected chi connectivity index (χ4v) is 3.61. The van der Waals surface area contributed by atoms with Crippen molar-refractivity contribution in [2.24, 2.45) is 0 Å². The van der Waals surface area contributed by atoms with Gasteiger partial charge in [0.15, 0.2) is 0 Å². The quantitative estimate of drug-likeness (QED) is 0.408. The second kappa shape index (κ2) is 9.36. The van der Waals surface area contributed by atoms with Crippen molar-refractivity contribution in [1.82, 2.24) is 0 Å². The molecule has 0 radical (unpaired) electrons. The van der Waals surface area contributed by atoms with Crippen LogP contribution in [0.1, 0.15) is 46.3 Å². The summed E-state index contributed by atoms with van der Waals surface area (Å²) in [6.45, 7) is 6.47. The zero-order chi connectivity index (χ0) is 13.4. The molecule has 1 saturated carbocycles. The normalized spacial score (nSPS) is 16.5. The molecule has 1 heterocycles. The van der Waals surface area contributed by atoms with E-state index in [2.05, 4.69) is 56.9 Å². The number of fused-ring (bicyclic) bond motifs is 3. The Balaban J connectivity index is 0.000000368. The topological polar surface area (TPSA) is 0 Å². The summed E-state index contributed by atoms with van der Waals surface area (Å²) in [5.74, 6) is 4.05. The molecule has 0 nitrogen and oxygen atoms in total. The van der Waals surface area contributed by atoms with Crippen LogP contribution < -0.4 is 24.8 Å². The summed E-state index contributed by atoms with van der Waals surface area (Å²) >= 11 is 0. The van der Waals surface area contributed by atoms with Gasteiger partial charge in [0.25, 0.3) is 0 Å². The van der Waals surface area contributed by atoms with Crippen LogP contribution in [0.15, 0.2) is 29.8 Å². The van der Waals surface area contributed by atoms with Crippen molar-refractivity contribution in [3.8, 4) is 0 Å². The van der Waals surface area contributed by atoms with Gasteiger partial charge < -0.3 is 24.8 Å². The first-order valence-electron chi connectivity index (χ1n) is 6.92. The molecule has 2 aliphatic carbocycles. The maximum atomic E-state index is 3.45. The van der Waals surface area contributed by atoms with Crippen molar-refractivity contribution in [2.75, 3.05) is 0 Å². The van der Waals surface area contributed by atoms with Crippen LogP contribution >= 0.6 is 8.19 Å². The van der Waals surface area contributed by atoms with Crippen molar-refractivity contribution in [2.45, 2.75) is 39.5 Å². The third-order valence-electron chi connectivity index (χ3n) is 4.32. The summed E-state index contributed by atoms with van der Waals surface area (Å²) in [7, 11) is 0.836. The van der Waals surface area contributed by atoms with Gasteiger partial charge in [-0.2, -0.15) is 39.9 Å². The summed E-state index contributed by atoms with van der Waals surface area (Å²) in [5, 5.41) is 1.50. The fraction of sp³-hybridized carbons (Fsp3) is 0.333. The minimum absolute atomic E-state index is 0. The van der Waals surface area contributed by atoms with E-state index in [-0.39, 0.29) is 46.5 Å². The molecule has 1 fully saturated rings. The second-order valence-electron chi connectivity index (χ2n) is 5.45. The molecule has 4 rings (SSSR count). The first kappa shape index (κ1) is 22.0. The molecule has 0 bridgehead atoms. The van der Waals surface area contributed by atoms with Crippen LogP contribution in [0.2, 0.25) is 0 Å². The summed E-state index contributed by atoms with van der Waals surface area (Å²) < 4.78 is 0.